The van der Waals surface area contributed by atoms with Crippen LogP contribution in [0.3, 0.4) is 0 Å². The number of aryl methyl sites for hydroxylation is 3. The Morgan fingerprint density at radius 3 is 2.17 bits per heavy atom. The number of hydrogen-bond donors (Lipinski definition) is 0. The maximum atomic E-state index is 12.6. The molecule has 0 N–H and O–H groups in total. The third kappa shape index (κ3) is 1.83. The van der Waals surface area contributed by atoms with E-state index in [0.717, 1.165) is 32.1 Å². The zero-order valence-corrected chi connectivity index (χ0v) is 25.9. The lowest BCUT2D eigenvalue weighted by Crippen LogP contribution is -2.28. The summed E-state index contributed by atoms with van der Waals surface area (Å²) in [5.74, 6) is -0.0843. The normalized spacial score (nSPS) is 27.5. The predicted octanol–water partition coefficient (Wildman–Crippen LogP) is 9.06. The minimum atomic E-state index is -0.0843. The maximum absolute atomic E-state index is 12.6. The monoisotopic (exact) mass is 590 g/mol. The molecule has 8 aliphatic carbocycles. The molecule has 0 heterocycles. The first-order valence-electron chi connectivity index (χ1n) is 17.6. The summed E-state index contributed by atoms with van der Waals surface area (Å²) in [6.07, 6.45) is 12.0. The van der Waals surface area contributed by atoms with Crippen molar-refractivity contribution in [2.24, 2.45) is 5.41 Å². The molecule has 3 atom stereocenters. The van der Waals surface area contributed by atoms with E-state index in [-0.39, 0.29) is 22.2 Å². The molecule has 6 aromatic carbocycles. The quantitative estimate of drug-likeness (QED) is 0.148. The van der Waals surface area contributed by atoms with Crippen molar-refractivity contribution in [1.82, 2.24) is 0 Å². The molecule has 0 bridgehead atoms. The average molecular weight is 591 g/mol. The molecule has 0 amide bonds. The van der Waals surface area contributed by atoms with Crippen molar-refractivity contribution in [1.29, 1.82) is 0 Å². The highest BCUT2D eigenvalue weighted by Crippen LogP contribution is 2.92. The summed E-state index contributed by atoms with van der Waals surface area (Å²) in [7, 11) is 1.54. The van der Waals surface area contributed by atoms with Crippen LogP contribution >= 0.6 is 0 Å². The van der Waals surface area contributed by atoms with Gasteiger partial charge in [0, 0.05) is 22.7 Å². The summed E-state index contributed by atoms with van der Waals surface area (Å²) in [4.78, 5) is 12.6. The van der Waals surface area contributed by atoms with Crippen molar-refractivity contribution in [2.45, 2.75) is 68.6 Å². The zero-order valence-electron chi connectivity index (χ0n) is 25.9. The number of hydrogen-bond acceptors (Lipinski definition) is 2. The Balaban J connectivity index is 1.25. The SMILES string of the molecule is COC(=O)CCCC1(c2ccccc2)C23C=C4Cc5cc6c7c8c5c4c4c5c9c(c(cc%10c9c9c(cc(c-7c9c85)CC6)C%10)CC2)C431. The summed E-state index contributed by atoms with van der Waals surface area (Å²) in [5.41, 5.74) is 20.7. The van der Waals surface area contributed by atoms with E-state index in [4.69, 9.17) is 4.74 Å². The molecule has 3 unspecified atom stereocenters. The number of carbonyl (C=O) groups is 1. The van der Waals surface area contributed by atoms with Crippen LogP contribution < -0.4 is 0 Å². The summed E-state index contributed by atoms with van der Waals surface area (Å²) >= 11 is 0. The van der Waals surface area contributed by atoms with Gasteiger partial charge in [-0.15, -0.1) is 0 Å². The van der Waals surface area contributed by atoms with Crippen LogP contribution in [0.25, 0.3) is 59.8 Å². The molecular weight excluding hydrogens is 560 g/mol. The number of benzene rings is 6. The molecule has 2 nitrogen and oxygen atoms in total. The Bertz CT molecular complexity index is 2730. The van der Waals surface area contributed by atoms with E-state index in [2.05, 4.69) is 54.6 Å². The first kappa shape index (κ1) is 23.0. The van der Waals surface area contributed by atoms with Crippen LogP contribution in [0.1, 0.15) is 81.3 Å². The Labute approximate surface area is 266 Å². The van der Waals surface area contributed by atoms with E-state index in [1.54, 1.807) is 110 Å². The molecule has 218 valence electrons. The van der Waals surface area contributed by atoms with Gasteiger partial charge in [0.25, 0.3) is 0 Å². The largest absolute Gasteiger partial charge is 0.469 e. The number of esters is 1. The lowest BCUT2D eigenvalue weighted by Gasteiger charge is -2.34. The van der Waals surface area contributed by atoms with Gasteiger partial charge in [0.2, 0.25) is 0 Å². The molecule has 8 aliphatic rings. The van der Waals surface area contributed by atoms with Gasteiger partial charge in [-0.25, -0.2) is 0 Å². The van der Waals surface area contributed by atoms with Crippen molar-refractivity contribution < 1.29 is 9.53 Å². The van der Waals surface area contributed by atoms with Crippen LogP contribution in [-0.4, -0.2) is 13.1 Å². The Hall–Kier alpha value is -4.43. The van der Waals surface area contributed by atoms with E-state index in [0.29, 0.717) is 6.42 Å². The molecule has 1 spiro atoms. The molecule has 46 heavy (non-hydrogen) atoms. The van der Waals surface area contributed by atoms with E-state index < -0.39 is 0 Å². The van der Waals surface area contributed by atoms with Crippen molar-refractivity contribution in [3.63, 3.8) is 0 Å². The van der Waals surface area contributed by atoms with Crippen molar-refractivity contribution in [2.75, 3.05) is 7.11 Å². The van der Waals surface area contributed by atoms with Gasteiger partial charge in [0.1, 0.15) is 0 Å². The van der Waals surface area contributed by atoms with Gasteiger partial charge in [-0.1, -0.05) is 54.6 Å². The molecule has 14 rings (SSSR count). The fourth-order valence-corrected chi connectivity index (χ4v) is 14.0. The molecular formula is C44H30O2. The van der Waals surface area contributed by atoms with Gasteiger partial charge in [-0.3, -0.25) is 4.79 Å². The lowest BCUT2D eigenvalue weighted by molar-refractivity contribution is -0.140. The van der Waals surface area contributed by atoms with Crippen LogP contribution in [0.4, 0.5) is 0 Å². The lowest BCUT2D eigenvalue weighted by atomic mass is 9.68. The topological polar surface area (TPSA) is 26.3 Å². The minimum absolute atomic E-state index is 0.0246. The highest BCUT2D eigenvalue weighted by Gasteiger charge is 2.89. The van der Waals surface area contributed by atoms with Crippen LogP contribution in [0.5, 0.6) is 0 Å². The van der Waals surface area contributed by atoms with Crippen LogP contribution in [0, 0.1) is 5.41 Å². The van der Waals surface area contributed by atoms with Gasteiger partial charge >= 0.3 is 5.97 Å². The molecule has 2 heteroatoms. The second kappa shape index (κ2) is 6.54. The van der Waals surface area contributed by atoms with Crippen LogP contribution in [0.2, 0.25) is 0 Å². The molecule has 1 fully saturated rings. The number of methoxy groups -OCH3 is 1. The molecule has 1 saturated carbocycles. The number of rotatable bonds is 5. The van der Waals surface area contributed by atoms with Gasteiger partial charge in [-0.05, 0) is 167 Å². The predicted molar refractivity (Wildman–Crippen MR) is 183 cm³/mol. The van der Waals surface area contributed by atoms with Gasteiger partial charge < -0.3 is 4.74 Å². The average Bonchev–Trinajstić information content (AvgIpc) is 3.58. The summed E-state index contributed by atoms with van der Waals surface area (Å²) in [6.45, 7) is 0. The molecule has 0 aromatic heterocycles. The third-order valence-corrected chi connectivity index (χ3v) is 14.9. The summed E-state index contributed by atoms with van der Waals surface area (Å²) in [6, 6.07) is 19.5. The van der Waals surface area contributed by atoms with Crippen molar-refractivity contribution in [3.05, 3.63) is 110 Å². The van der Waals surface area contributed by atoms with Crippen molar-refractivity contribution in [3.8, 4) is 11.1 Å². The number of carbonyl (C=O) groups excluding carboxylic acids is 1. The van der Waals surface area contributed by atoms with Crippen LogP contribution in [0.15, 0.2) is 54.6 Å². The summed E-state index contributed by atoms with van der Waals surface area (Å²) in [5, 5.41) is 12.9. The molecule has 6 aromatic rings. The second-order valence-electron chi connectivity index (χ2n) is 15.9. The Morgan fingerprint density at radius 1 is 0.696 bits per heavy atom. The third-order valence-electron chi connectivity index (χ3n) is 14.9. The van der Waals surface area contributed by atoms with Gasteiger partial charge in [-0.2, -0.15) is 0 Å². The highest BCUT2D eigenvalue weighted by molar-refractivity contribution is 6.46. The first-order valence-corrected chi connectivity index (χ1v) is 17.6. The zero-order chi connectivity index (χ0) is 29.6. The van der Waals surface area contributed by atoms with Crippen molar-refractivity contribution >= 4 is 54.6 Å². The van der Waals surface area contributed by atoms with Crippen LogP contribution in [-0.2, 0) is 52.5 Å². The number of ether oxygens (including phenoxy) is 1. The summed E-state index contributed by atoms with van der Waals surface area (Å²) < 4.78 is 5.19. The number of allylic oxidation sites excluding steroid dienone is 2. The fraction of sp³-hybridized carbons (Fsp3) is 0.295. The molecule has 0 radical (unpaired) electrons. The van der Waals surface area contributed by atoms with E-state index in [1.165, 1.54) is 31.9 Å². The minimum Gasteiger partial charge on any atom is -0.469 e. The van der Waals surface area contributed by atoms with E-state index >= 15 is 0 Å². The van der Waals surface area contributed by atoms with Gasteiger partial charge in [0.05, 0.1) is 7.11 Å². The van der Waals surface area contributed by atoms with Gasteiger partial charge in [0.15, 0.2) is 0 Å². The Morgan fingerprint density at radius 2 is 1.39 bits per heavy atom. The highest BCUT2D eigenvalue weighted by atomic mass is 16.5. The standard InChI is InChI=1S/C44H30O2/c1-46-28(45)8-5-12-43(27-6-3-2-4-7-27)42-13-11-22-16-25-17-23-14-20-9-10-21-15-24-18-26(19-42)34-33(24)36-30(21)29(20)35-31(23)32(25)38-39(37(35)36)41(34)44(42,43)40(22)38/h2-4,6-7,14-16,19H,5,8-13,17-18H2,1H3. The fourth-order valence-electron chi connectivity index (χ4n) is 14.0. The second-order valence-corrected chi connectivity index (χ2v) is 15.9. The van der Waals surface area contributed by atoms with E-state index in [9.17, 15) is 4.79 Å². The smallest absolute Gasteiger partial charge is 0.305 e. The molecule has 0 aliphatic heterocycles. The molecule has 0 saturated heterocycles. The maximum Gasteiger partial charge on any atom is 0.305 e. The first-order chi connectivity index (χ1) is 22.6. The Kier molecular flexibility index (Phi) is 3.27. The van der Waals surface area contributed by atoms with E-state index in [1.807, 2.05) is 0 Å².